The van der Waals surface area contributed by atoms with Gasteiger partial charge in [0.2, 0.25) is 0 Å². The SMILES string of the molecule is [B]C(=O)NCCCOc1cc(NC(=O)OCC=C)c(C(=O)N2CCC[C@H]2CO)cc1OC. The summed E-state index contributed by atoms with van der Waals surface area (Å²) in [5.41, 5.74) is 0.360. The molecule has 1 aromatic carbocycles. The Morgan fingerprint density at radius 1 is 1.34 bits per heavy atom. The Labute approximate surface area is 188 Å². The van der Waals surface area contributed by atoms with Crippen LogP contribution in [-0.2, 0) is 4.74 Å². The molecule has 32 heavy (non-hydrogen) atoms. The number of likely N-dealkylation sites (tertiary alicyclic amines) is 1. The third-order valence-electron chi connectivity index (χ3n) is 4.83. The van der Waals surface area contributed by atoms with Crippen molar-refractivity contribution in [3.63, 3.8) is 0 Å². The molecular weight excluding hydrogens is 417 g/mol. The van der Waals surface area contributed by atoms with Gasteiger partial charge in [-0.2, -0.15) is 0 Å². The highest BCUT2D eigenvalue weighted by molar-refractivity contribution is 6.57. The lowest BCUT2D eigenvalue weighted by atomic mass is 10.1. The first kappa shape index (κ1) is 25.1. The van der Waals surface area contributed by atoms with Gasteiger partial charge in [0.15, 0.2) is 25.2 Å². The lowest BCUT2D eigenvalue weighted by Gasteiger charge is -2.25. The minimum atomic E-state index is -0.763. The van der Waals surface area contributed by atoms with Crippen LogP contribution < -0.4 is 20.1 Å². The summed E-state index contributed by atoms with van der Waals surface area (Å²) in [4.78, 5) is 37.7. The third-order valence-corrected chi connectivity index (χ3v) is 4.83. The number of hydrogen-bond acceptors (Lipinski definition) is 7. The number of aliphatic hydroxyl groups is 1. The van der Waals surface area contributed by atoms with E-state index < -0.39 is 11.9 Å². The molecule has 2 rings (SSSR count). The van der Waals surface area contributed by atoms with Crippen molar-refractivity contribution < 1.29 is 33.7 Å². The minimum Gasteiger partial charge on any atom is -0.493 e. The molecule has 11 heteroatoms. The second-order valence-electron chi connectivity index (χ2n) is 7.03. The number of benzene rings is 1. The van der Waals surface area contributed by atoms with Crippen LogP contribution in [0.1, 0.15) is 29.6 Å². The van der Waals surface area contributed by atoms with E-state index in [2.05, 4.69) is 17.2 Å². The standard InChI is InChI=1S/C21H28BN3O7/c1-3-9-32-21(29)24-16-12-18(31-10-5-7-23-20(22)28)17(30-2)11-15(16)19(27)25-8-4-6-14(25)13-26/h3,11-12,14,26H,1,4-10,13H2,2H3,(H,23,28)(H,24,29)/t14-/m0/s1. The van der Waals surface area contributed by atoms with Crippen molar-refractivity contribution in [1.82, 2.24) is 10.2 Å². The number of rotatable bonds is 11. The van der Waals surface area contributed by atoms with Gasteiger partial charge in [-0.15, -0.1) is 0 Å². The second-order valence-corrected chi connectivity index (χ2v) is 7.03. The molecule has 0 spiro atoms. The molecule has 0 aliphatic carbocycles. The Hall–Kier alpha value is -3.21. The number of methoxy groups -OCH3 is 1. The molecule has 172 valence electrons. The zero-order valence-corrected chi connectivity index (χ0v) is 18.1. The molecule has 1 atom stereocenters. The van der Waals surface area contributed by atoms with E-state index in [0.717, 1.165) is 6.42 Å². The molecule has 1 heterocycles. The molecule has 0 unspecified atom stereocenters. The van der Waals surface area contributed by atoms with Gasteiger partial charge in [0.1, 0.15) is 6.61 Å². The van der Waals surface area contributed by atoms with Gasteiger partial charge >= 0.3 is 6.09 Å². The average molecular weight is 445 g/mol. The molecule has 3 N–H and O–H groups in total. The van der Waals surface area contributed by atoms with Gasteiger partial charge in [0.25, 0.3) is 5.91 Å². The lowest BCUT2D eigenvalue weighted by Crippen LogP contribution is -2.38. The van der Waals surface area contributed by atoms with E-state index in [1.807, 2.05) is 0 Å². The second kappa shape index (κ2) is 12.6. The van der Waals surface area contributed by atoms with Crippen LogP contribution in [0.2, 0.25) is 0 Å². The summed E-state index contributed by atoms with van der Waals surface area (Å²) in [7, 11) is 6.46. The number of anilines is 1. The first-order valence-electron chi connectivity index (χ1n) is 10.3. The molecule has 3 amide bonds. The summed E-state index contributed by atoms with van der Waals surface area (Å²) in [5, 5.41) is 14.6. The maximum atomic E-state index is 13.2. The third kappa shape index (κ3) is 6.91. The first-order chi connectivity index (χ1) is 15.4. The van der Waals surface area contributed by atoms with Crippen LogP contribution in [0.5, 0.6) is 11.5 Å². The Kier molecular flexibility index (Phi) is 9.87. The lowest BCUT2D eigenvalue weighted by molar-refractivity contribution is 0.0678. The van der Waals surface area contributed by atoms with Gasteiger partial charge in [-0.1, -0.05) is 12.7 Å². The number of hydrogen-bond donors (Lipinski definition) is 3. The van der Waals surface area contributed by atoms with Gasteiger partial charge < -0.3 is 29.5 Å². The Balaban J connectivity index is 2.29. The molecule has 1 aliphatic heterocycles. The van der Waals surface area contributed by atoms with Crippen LogP contribution in [0, 0.1) is 0 Å². The molecule has 1 fully saturated rings. The molecule has 0 aromatic heterocycles. The number of aliphatic hydroxyl groups excluding tert-OH is 1. The van der Waals surface area contributed by atoms with Crippen LogP contribution >= 0.6 is 0 Å². The quantitative estimate of drug-likeness (QED) is 0.269. The number of ether oxygens (including phenoxy) is 3. The molecule has 0 saturated carbocycles. The molecule has 1 saturated heterocycles. The van der Waals surface area contributed by atoms with Crippen LogP contribution in [-0.4, -0.2) is 81.7 Å². The normalized spacial score (nSPS) is 15.1. The predicted molar refractivity (Wildman–Crippen MR) is 119 cm³/mol. The number of carbonyl (C=O) groups is 3. The van der Waals surface area contributed by atoms with Crippen LogP contribution in [0.3, 0.4) is 0 Å². The van der Waals surface area contributed by atoms with E-state index >= 15 is 0 Å². The summed E-state index contributed by atoms with van der Waals surface area (Å²) in [6.45, 7) is 4.39. The van der Waals surface area contributed by atoms with Crippen LogP contribution in [0.25, 0.3) is 0 Å². The van der Waals surface area contributed by atoms with E-state index in [1.54, 1.807) is 4.90 Å². The van der Waals surface area contributed by atoms with E-state index in [4.69, 9.17) is 22.1 Å². The van der Waals surface area contributed by atoms with E-state index in [0.29, 0.717) is 37.4 Å². The topological polar surface area (TPSA) is 126 Å². The van der Waals surface area contributed by atoms with Crippen molar-refractivity contribution in [2.45, 2.75) is 25.3 Å². The van der Waals surface area contributed by atoms with Crippen molar-refractivity contribution in [2.75, 3.05) is 45.3 Å². The van der Waals surface area contributed by atoms with Crippen LogP contribution in [0.4, 0.5) is 15.3 Å². The average Bonchev–Trinajstić information content (AvgIpc) is 3.25. The van der Waals surface area contributed by atoms with Crippen molar-refractivity contribution >= 4 is 31.3 Å². The number of amides is 3. The Morgan fingerprint density at radius 3 is 2.78 bits per heavy atom. The minimum absolute atomic E-state index is 0.000198. The van der Waals surface area contributed by atoms with Crippen molar-refractivity contribution in [2.24, 2.45) is 0 Å². The maximum Gasteiger partial charge on any atom is 0.411 e. The monoisotopic (exact) mass is 445 g/mol. The van der Waals surface area contributed by atoms with E-state index in [9.17, 15) is 19.5 Å². The van der Waals surface area contributed by atoms with Gasteiger partial charge in [0.05, 0.1) is 37.6 Å². The number of carbonyl (C=O) groups excluding carboxylic acids is 3. The number of nitrogens with one attached hydrogen (secondary N) is 2. The molecule has 2 radical (unpaired) electrons. The van der Waals surface area contributed by atoms with Gasteiger partial charge in [0, 0.05) is 19.2 Å². The molecule has 1 aliphatic rings. The molecule has 1 aromatic rings. The molecule has 0 bridgehead atoms. The molecule has 10 nitrogen and oxygen atoms in total. The smallest absolute Gasteiger partial charge is 0.411 e. The van der Waals surface area contributed by atoms with Gasteiger partial charge in [-0.25, -0.2) is 4.79 Å². The summed E-state index contributed by atoms with van der Waals surface area (Å²) in [6, 6.07) is 2.67. The van der Waals surface area contributed by atoms with Gasteiger partial charge in [-0.3, -0.25) is 14.9 Å². The number of nitrogens with zero attached hydrogens (tertiary/aromatic N) is 1. The summed E-state index contributed by atoms with van der Waals surface area (Å²) in [6.07, 6.45) is 2.61. The van der Waals surface area contributed by atoms with Crippen LogP contribution in [0.15, 0.2) is 24.8 Å². The Bertz CT molecular complexity index is 834. The van der Waals surface area contributed by atoms with E-state index in [1.165, 1.54) is 25.3 Å². The largest absolute Gasteiger partial charge is 0.493 e. The van der Waals surface area contributed by atoms with Crippen molar-refractivity contribution in [3.8, 4) is 11.5 Å². The summed E-state index contributed by atoms with van der Waals surface area (Å²) >= 11 is 0. The first-order valence-corrected chi connectivity index (χ1v) is 10.3. The summed E-state index contributed by atoms with van der Waals surface area (Å²) in [5.74, 6) is -0.391. The fourth-order valence-electron chi connectivity index (χ4n) is 3.31. The highest BCUT2D eigenvalue weighted by atomic mass is 16.5. The van der Waals surface area contributed by atoms with Crippen molar-refractivity contribution in [1.29, 1.82) is 0 Å². The zero-order valence-electron chi connectivity index (χ0n) is 18.1. The van der Waals surface area contributed by atoms with Crippen molar-refractivity contribution in [3.05, 3.63) is 30.4 Å². The highest BCUT2D eigenvalue weighted by Gasteiger charge is 2.31. The van der Waals surface area contributed by atoms with E-state index in [-0.39, 0.29) is 43.0 Å². The zero-order chi connectivity index (χ0) is 23.5. The fourth-order valence-corrected chi connectivity index (χ4v) is 3.31. The summed E-state index contributed by atoms with van der Waals surface area (Å²) < 4.78 is 16.1. The van der Waals surface area contributed by atoms with Gasteiger partial charge in [-0.05, 0) is 25.3 Å². The Morgan fingerprint density at radius 2 is 2.12 bits per heavy atom. The predicted octanol–water partition coefficient (Wildman–Crippen LogP) is 1.67. The highest BCUT2D eigenvalue weighted by Crippen LogP contribution is 2.35. The fraction of sp³-hybridized carbons (Fsp3) is 0.476. The molecular formula is C21H28BN3O7. The maximum absolute atomic E-state index is 13.2.